The van der Waals surface area contributed by atoms with Crippen molar-refractivity contribution in [2.75, 3.05) is 5.32 Å². The Labute approximate surface area is 108 Å². The number of hydrogen-bond donors (Lipinski definition) is 2. The number of aromatic carboxylic acids is 1. The number of aryl methyl sites for hydroxylation is 1. The maximum Gasteiger partial charge on any atom is 0.335 e. The van der Waals surface area contributed by atoms with E-state index in [1.54, 1.807) is 19.1 Å². The van der Waals surface area contributed by atoms with Crippen LogP contribution in [0.2, 0.25) is 5.15 Å². The Bertz CT molecular complexity index is 602. The van der Waals surface area contributed by atoms with E-state index < -0.39 is 5.97 Å². The predicted molar refractivity (Wildman–Crippen MR) is 68.5 cm³/mol. The molecule has 0 aliphatic heterocycles. The topological polar surface area (TPSA) is 75.1 Å². The van der Waals surface area contributed by atoms with Crippen LogP contribution in [-0.4, -0.2) is 21.0 Å². The zero-order chi connectivity index (χ0) is 13.1. The molecule has 2 rings (SSSR count). The SMILES string of the molecule is Cc1cc(Nc2cncc(Cl)n2)ccc1C(=O)O. The first-order chi connectivity index (χ1) is 8.56. The highest BCUT2D eigenvalue weighted by molar-refractivity contribution is 6.29. The molecular formula is C12H10ClN3O2. The zero-order valence-corrected chi connectivity index (χ0v) is 10.3. The molecule has 1 aromatic carbocycles. The summed E-state index contributed by atoms with van der Waals surface area (Å²) in [4.78, 5) is 18.8. The highest BCUT2D eigenvalue weighted by Crippen LogP contribution is 2.19. The van der Waals surface area contributed by atoms with Crippen molar-refractivity contribution >= 4 is 29.1 Å². The minimum Gasteiger partial charge on any atom is -0.478 e. The first-order valence-corrected chi connectivity index (χ1v) is 5.52. The van der Waals surface area contributed by atoms with Gasteiger partial charge in [-0.1, -0.05) is 11.6 Å². The Kier molecular flexibility index (Phi) is 3.43. The predicted octanol–water partition coefficient (Wildman–Crippen LogP) is 2.88. The van der Waals surface area contributed by atoms with Crippen molar-refractivity contribution in [2.45, 2.75) is 6.92 Å². The van der Waals surface area contributed by atoms with Gasteiger partial charge >= 0.3 is 5.97 Å². The number of carboxylic acids is 1. The normalized spacial score (nSPS) is 10.1. The van der Waals surface area contributed by atoms with E-state index >= 15 is 0 Å². The number of carboxylic acid groups (broad SMARTS) is 1. The van der Waals surface area contributed by atoms with Gasteiger partial charge in [-0.15, -0.1) is 0 Å². The lowest BCUT2D eigenvalue weighted by Crippen LogP contribution is -2.01. The van der Waals surface area contributed by atoms with Gasteiger partial charge in [-0.3, -0.25) is 4.98 Å². The van der Waals surface area contributed by atoms with Crippen molar-refractivity contribution < 1.29 is 9.90 Å². The van der Waals surface area contributed by atoms with Crippen molar-refractivity contribution in [3.8, 4) is 0 Å². The molecule has 1 heterocycles. The summed E-state index contributed by atoms with van der Waals surface area (Å²) in [7, 11) is 0. The lowest BCUT2D eigenvalue weighted by atomic mass is 10.1. The molecule has 0 atom stereocenters. The van der Waals surface area contributed by atoms with Crippen LogP contribution >= 0.6 is 11.6 Å². The van der Waals surface area contributed by atoms with Crippen LogP contribution in [0.5, 0.6) is 0 Å². The van der Waals surface area contributed by atoms with Crippen LogP contribution in [0.25, 0.3) is 0 Å². The van der Waals surface area contributed by atoms with E-state index in [1.807, 2.05) is 0 Å². The van der Waals surface area contributed by atoms with Gasteiger partial charge in [0.05, 0.1) is 18.0 Å². The second-order valence-corrected chi connectivity index (χ2v) is 4.07. The van der Waals surface area contributed by atoms with E-state index in [-0.39, 0.29) is 5.56 Å². The summed E-state index contributed by atoms with van der Waals surface area (Å²) in [6.07, 6.45) is 2.97. The van der Waals surface area contributed by atoms with Crippen LogP contribution in [0, 0.1) is 6.92 Å². The van der Waals surface area contributed by atoms with Gasteiger partial charge in [-0.2, -0.15) is 0 Å². The molecule has 2 N–H and O–H groups in total. The van der Waals surface area contributed by atoms with Crippen molar-refractivity contribution in [2.24, 2.45) is 0 Å². The molecule has 0 aliphatic carbocycles. The van der Waals surface area contributed by atoms with E-state index in [0.29, 0.717) is 16.5 Å². The van der Waals surface area contributed by atoms with Crippen molar-refractivity contribution in [1.29, 1.82) is 0 Å². The molecule has 6 heteroatoms. The fourth-order valence-corrected chi connectivity index (χ4v) is 1.68. The molecule has 0 radical (unpaired) electrons. The molecule has 92 valence electrons. The molecule has 0 spiro atoms. The highest BCUT2D eigenvalue weighted by Gasteiger charge is 2.07. The highest BCUT2D eigenvalue weighted by atomic mass is 35.5. The number of nitrogens with one attached hydrogen (secondary N) is 1. The van der Waals surface area contributed by atoms with E-state index in [4.69, 9.17) is 16.7 Å². The van der Waals surface area contributed by atoms with Gasteiger partial charge < -0.3 is 10.4 Å². The van der Waals surface area contributed by atoms with Gasteiger partial charge in [-0.05, 0) is 30.7 Å². The Balaban J connectivity index is 2.25. The second-order valence-electron chi connectivity index (χ2n) is 3.69. The van der Waals surface area contributed by atoms with E-state index in [9.17, 15) is 4.79 Å². The zero-order valence-electron chi connectivity index (χ0n) is 9.51. The molecule has 0 bridgehead atoms. The number of rotatable bonds is 3. The van der Waals surface area contributed by atoms with Gasteiger partial charge in [0.2, 0.25) is 0 Å². The Morgan fingerprint density at radius 1 is 1.39 bits per heavy atom. The molecule has 0 amide bonds. The molecule has 5 nitrogen and oxygen atoms in total. The fourth-order valence-electron chi connectivity index (χ4n) is 1.53. The van der Waals surface area contributed by atoms with Crippen molar-refractivity contribution in [1.82, 2.24) is 9.97 Å². The molecule has 0 saturated heterocycles. The van der Waals surface area contributed by atoms with Gasteiger partial charge in [0.1, 0.15) is 5.15 Å². The number of hydrogen-bond acceptors (Lipinski definition) is 4. The van der Waals surface area contributed by atoms with Crippen LogP contribution < -0.4 is 5.32 Å². The molecule has 0 saturated carbocycles. The average Bonchev–Trinajstić information content (AvgIpc) is 2.28. The lowest BCUT2D eigenvalue weighted by molar-refractivity contribution is 0.0696. The third-order valence-electron chi connectivity index (χ3n) is 2.33. The van der Waals surface area contributed by atoms with Gasteiger partial charge in [0.25, 0.3) is 0 Å². The van der Waals surface area contributed by atoms with Gasteiger partial charge in [0.15, 0.2) is 5.82 Å². The summed E-state index contributed by atoms with van der Waals surface area (Å²) in [5, 5.41) is 12.2. The van der Waals surface area contributed by atoms with E-state index in [2.05, 4.69) is 15.3 Å². The molecular weight excluding hydrogens is 254 g/mol. The number of aromatic nitrogens is 2. The van der Waals surface area contributed by atoms with Crippen LogP contribution in [0.4, 0.5) is 11.5 Å². The summed E-state index contributed by atoms with van der Waals surface area (Å²) < 4.78 is 0. The number of benzene rings is 1. The number of nitrogens with zero attached hydrogens (tertiary/aromatic N) is 2. The van der Waals surface area contributed by atoms with Crippen LogP contribution in [0.15, 0.2) is 30.6 Å². The first kappa shape index (κ1) is 12.3. The quantitative estimate of drug-likeness (QED) is 0.891. The molecule has 0 unspecified atom stereocenters. The van der Waals surface area contributed by atoms with Gasteiger partial charge in [0, 0.05) is 5.69 Å². The minimum absolute atomic E-state index is 0.276. The molecule has 2 aromatic rings. The Morgan fingerprint density at radius 3 is 2.78 bits per heavy atom. The summed E-state index contributed by atoms with van der Waals surface area (Å²) in [6.45, 7) is 1.73. The van der Waals surface area contributed by atoms with Crippen LogP contribution in [0.3, 0.4) is 0 Å². The maximum atomic E-state index is 10.9. The largest absolute Gasteiger partial charge is 0.478 e. The van der Waals surface area contributed by atoms with E-state index in [0.717, 1.165) is 5.69 Å². The van der Waals surface area contributed by atoms with Crippen molar-refractivity contribution in [3.63, 3.8) is 0 Å². The summed E-state index contributed by atoms with van der Waals surface area (Å²) in [6, 6.07) is 4.93. The third-order valence-corrected chi connectivity index (χ3v) is 2.52. The molecule has 0 fully saturated rings. The smallest absolute Gasteiger partial charge is 0.335 e. The van der Waals surface area contributed by atoms with Crippen LogP contribution in [0.1, 0.15) is 15.9 Å². The van der Waals surface area contributed by atoms with E-state index in [1.165, 1.54) is 18.5 Å². The second kappa shape index (κ2) is 5.01. The molecule has 0 aliphatic rings. The summed E-state index contributed by atoms with van der Waals surface area (Å²) in [5.74, 6) is -0.438. The standard InChI is InChI=1S/C12H10ClN3O2/c1-7-4-8(2-3-9(7)12(17)18)15-11-6-14-5-10(13)16-11/h2-6H,1H3,(H,15,16)(H,17,18). The molecule has 18 heavy (non-hydrogen) atoms. The fraction of sp³-hybridized carbons (Fsp3) is 0.0833. The van der Waals surface area contributed by atoms with Crippen molar-refractivity contribution in [3.05, 3.63) is 46.9 Å². The average molecular weight is 264 g/mol. The number of halogens is 1. The maximum absolute atomic E-state index is 10.9. The molecule has 1 aromatic heterocycles. The van der Waals surface area contributed by atoms with Crippen LogP contribution in [-0.2, 0) is 0 Å². The monoisotopic (exact) mass is 263 g/mol. The number of carbonyl (C=O) groups is 1. The number of anilines is 2. The third kappa shape index (κ3) is 2.75. The lowest BCUT2D eigenvalue weighted by Gasteiger charge is -2.07. The minimum atomic E-state index is -0.943. The Hall–Kier alpha value is -2.14. The summed E-state index contributed by atoms with van der Waals surface area (Å²) in [5.41, 5.74) is 1.68. The van der Waals surface area contributed by atoms with Gasteiger partial charge in [-0.25, -0.2) is 9.78 Å². The Morgan fingerprint density at radius 2 is 2.17 bits per heavy atom. The summed E-state index contributed by atoms with van der Waals surface area (Å²) >= 11 is 5.72. The first-order valence-electron chi connectivity index (χ1n) is 5.15.